The Bertz CT molecular complexity index is 1110. The van der Waals surface area contributed by atoms with Crippen LogP contribution in [0, 0.1) is 11.8 Å². The molecule has 9 saturated heterocycles. The summed E-state index contributed by atoms with van der Waals surface area (Å²) in [5.41, 5.74) is -0.697. The Hall–Kier alpha value is -0.220. The van der Waals surface area contributed by atoms with Crippen LogP contribution in [0.1, 0.15) is 156 Å². The highest BCUT2D eigenvalue weighted by atomic mass is 31.0. The lowest BCUT2D eigenvalue weighted by Crippen LogP contribution is -2.47. The SMILES string of the molecule is CC1(O)CC2CCC(C1)N2.CC1(O)CC2CCC(C2)C1.CN1C2CCC1CC(=O)C2.CN1C2CCC1CC(C)(O)C2.CN1C2CCC1CC1(CO1)C2.P. The van der Waals surface area contributed by atoms with Gasteiger partial charge in [-0.25, -0.2) is 0 Å². The van der Waals surface area contributed by atoms with E-state index in [4.69, 9.17) is 4.74 Å². The molecule has 11 fully saturated rings. The minimum absolute atomic E-state index is 0. The molecule has 0 radical (unpaired) electrons. The van der Waals surface area contributed by atoms with E-state index in [2.05, 4.69) is 41.2 Å². The molecule has 10 bridgehead atoms. The molecule has 11 unspecified atom stereocenters. The Morgan fingerprint density at radius 2 is 0.906 bits per heavy atom. The normalized spacial score (nSPS) is 50.0. The lowest BCUT2D eigenvalue weighted by molar-refractivity contribution is -0.123. The molecule has 0 amide bonds. The van der Waals surface area contributed by atoms with Crippen LogP contribution in [-0.2, 0) is 9.53 Å². The number of ketones is 1. The van der Waals surface area contributed by atoms with Gasteiger partial charge in [-0.15, -0.1) is 0 Å². The molecule has 9 nitrogen and oxygen atoms in total. The van der Waals surface area contributed by atoms with Crippen molar-refractivity contribution in [2.75, 3.05) is 27.7 Å². The number of carbonyl (C=O) groups excluding carboxylic acids is 1. The summed E-state index contributed by atoms with van der Waals surface area (Å²) in [4.78, 5) is 18.4. The van der Waals surface area contributed by atoms with Gasteiger partial charge in [0, 0.05) is 61.2 Å². The number of Topliss-reactive ketones (excluding diaryl/α,β-unsaturated/α-hetero) is 1. The number of hydrogen-bond donors (Lipinski definition) is 4. The highest BCUT2D eigenvalue weighted by Gasteiger charge is 2.55. The van der Waals surface area contributed by atoms with Gasteiger partial charge in [-0.05, 0) is 163 Å². The van der Waals surface area contributed by atoms with Crippen LogP contribution in [0.25, 0.3) is 0 Å². The van der Waals surface area contributed by atoms with Crippen molar-refractivity contribution in [3.05, 3.63) is 0 Å². The van der Waals surface area contributed by atoms with E-state index < -0.39 is 0 Å². The molecule has 1 spiro atoms. The smallest absolute Gasteiger partial charge is 0.136 e. The highest BCUT2D eigenvalue weighted by molar-refractivity contribution is 6.92. The number of carbonyl (C=O) groups is 1. The van der Waals surface area contributed by atoms with Crippen molar-refractivity contribution in [1.29, 1.82) is 0 Å². The van der Waals surface area contributed by atoms with Crippen molar-refractivity contribution in [1.82, 2.24) is 20.0 Å². The van der Waals surface area contributed by atoms with Crippen molar-refractivity contribution in [3.8, 4) is 0 Å². The van der Waals surface area contributed by atoms with Gasteiger partial charge in [0.2, 0.25) is 0 Å². The number of epoxide rings is 1. The fraction of sp³-hybridized carbons (Fsp3) is 0.977. The number of nitrogens with zero attached hydrogens (tertiary/aromatic N) is 3. The third kappa shape index (κ3) is 10.6. The Labute approximate surface area is 325 Å². The first-order valence-corrected chi connectivity index (χ1v) is 21.7. The first-order chi connectivity index (χ1) is 24.5. The van der Waals surface area contributed by atoms with Crippen LogP contribution in [0.3, 0.4) is 0 Å². The predicted molar refractivity (Wildman–Crippen MR) is 217 cm³/mol. The number of nitrogens with one attached hydrogen (secondary N) is 1. The van der Waals surface area contributed by atoms with Crippen LogP contribution in [0.5, 0.6) is 0 Å². The maximum atomic E-state index is 11.0. The average molecular weight is 763 g/mol. The topological polar surface area (TPSA) is 112 Å². The standard InChI is InChI=1S/C9H15NO.C9H17NO.C9H16O.C8H13NO.C8H15NO.H3P/c1-10-7-2-3-8(10)5-9(4-7)6-11-9;1-9(11)5-7-3-4-8(6-9)10(7)2;1-9(10)5-7-2-3-8(4-7)6-9;1-9-6-2-3-7(9)5-8(10)4-6;1-8(10)4-6-2-3-7(5-8)9-6;/h7-8H,2-6H2,1H3;7-8,11H,3-6H2,1-2H3;7-8,10H,2-6H2,1H3;6-7H,2-5H2,1H3;6-7,9-10H,2-5H2,1H3;1H3. The van der Waals surface area contributed by atoms with Crippen LogP contribution < -0.4 is 5.32 Å². The van der Waals surface area contributed by atoms with Crippen LogP contribution in [0.4, 0.5) is 0 Å². The molecule has 0 aromatic carbocycles. The van der Waals surface area contributed by atoms with E-state index in [0.717, 1.165) is 81.9 Å². The molecule has 53 heavy (non-hydrogen) atoms. The van der Waals surface area contributed by atoms with E-state index in [0.29, 0.717) is 47.6 Å². The lowest BCUT2D eigenvalue weighted by Gasteiger charge is -2.40. The second-order valence-electron chi connectivity index (χ2n) is 20.9. The maximum absolute atomic E-state index is 11.0. The number of fused-ring (bicyclic) bond motifs is 10. The second kappa shape index (κ2) is 16.6. The van der Waals surface area contributed by atoms with Crippen LogP contribution in [0.2, 0.25) is 0 Å². The number of ether oxygens (including phenoxy) is 1. The van der Waals surface area contributed by atoms with Gasteiger partial charge in [0.25, 0.3) is 0 Å². The van der Waals surface area contributed by atoms with E-state index in [1.807, 2.05) is 20.8 Å². The van der Waals surface area contributed by atoms with Gasteiger partial charge < -0.3 is 35.2 Å². The van der Waals surface area contributed by atoms with Gasteiger partial charge >= 0.3 is 0 Å². The van der Waals surface area contributed by atoms with E-state index in [9.17, 15) is 20.1 Å². The van der Waals surface area contributed by atoms with E-state index in [1.165, 1.54) is 83.5 Å². The van der Waals surface area contributed by atoms with Crippen molar-refractivity contribution in [3.63, 3.8) is 0 Å². The second-order valence-corrected chi connectivity index (χ2v) is 20.9. The van der Waals surface area contributed by atoms with E-state index in [1.54, 1.807) is 0 Å². The molecule has 11 aliphatic rings. The Kier molecular flexibility index (Phi) is 13.2. The summed E-state index contributed by atoms with van der Waals surface area (Å²) in [6, 6.07) is 5.39. The molecule has 4 N–H and O–H groups in total. The third-order valence-electron chi connectivity index (χ3n) is 15.8. The molecule has 2 aliphatic carbocycles. The molecule has 2 saturated carbocycles. The van der Waals surface area contributed by atoms with Gasteiger partial charge in [-0.3, -0.25) is 9.69 Å². The molecule has 9 heterocycles. The van der Waals surface area contributed by atoms with Gasteiger partial charge in [0.15, 0.2) is 0 Å². The summed E-state index contributed by atoms with van der Waals surface area (Å²) in [5, 5.41) is 32.8. The van der Waals surface area contributed by atoms with E-state index >= 15 is 0 Å². The first-order valence-electron chi connectivity index (χ1n) is 21.7. The molecule has 0 aromatic rings. The van der Waals surface area contributed by atoms with Crippen molar-refractivity contribution in [2.24, 2.45) is 11.8 Å². The first kappa shape index (κ1) is 42.4. The summed E-state index contributed by atoms with van der Waals surface area (Å²) in [7, 11) is 6.62. The highest BCUT2D eigenvalue weighted by Crippen LogP contribution is 2.48. The number of hydrogen-bond acceptors (Lipinski definition) is 9. The van der Waals surface area contributed by atoms with Crippen molar-refractivity contribution < 1.29 is 24.9 Å². The summed E-state index contributed by atoms with van der Waals surface area (Å²) >= 11 is 0. The Morgan fingerprint density at radius 1 is 0.547 bits per heavy atom. The fourth-order valence-corrected chi connectivity index (χ4v) is 13.0. The van der Waals surface area contributed by atoms with Crippen LogP contribution in [0.15, 0.2) is 0 Å². The minimum Gasteiger partial charge on any atom is -0.390 e. The van der Waals surface area contributed by atoms with Gasteiger partial charge in [-0.2, -0.15) is 9.90 Å². The van der Waals surface area contributed by atoms with Gasteiger partial charge in [0.05, 0.1) is 29.0 Å². The number of piperidine rings is 4. The zero-order chi connectivity index (χ0) is 37.1. The molecule has 11 rings (SSSR count). The molecular weight excluding hydrogens is 683 g/mol. The fourth-order valence-electron chi connectivity index (χ4n) is 13.0. The molecule has 306 valence electrons. The summed E-state index contributed by atoms with van der Waals surface area (Å²) < 4.78 is 5.54. The summed E-state index contributed by atoms with van der Waals surface area (Å²) in [5.74, 6) is 2.19. The van der Waals surface area contributed by atoms with E-state index in [-0.39, 0.29) is 26.7 Å². The molecule has 0 aromatic heterocycles. The Morgan fingerprint density at radius 3 is 1.34 bits per heavy atom. The van der Waals surface area contributed by atoms with Gasteiger partial charge in [-0.1, -0.05) is 12.8 Å². The zero-order valence-corrected chi connectivity index (χ0v) is 36.0. The number of aliphatic hydroxyl groups is 3. The monoisotopic (exact) mass is 763 g/mol. The molecular formula is C43H79N4O5P. The van der Waals surface area contributed by atoms with Gasteiger partial charge in [0.1, 0.15) is 5.78 Å². The summed E-state index contributed by atoms with van der Waals surface area (Å²) in [6.07, 6.45) is 24.8. The quantitative estimate of drug-likeness (QED) is 0.189. The average Bonchev–Trinajstić information content (AvgIpc) is 3.24. The molecule has 10 heteroatoms. The largest absolute Gasteiger partial charge is 0.390 e. The summed E-state index contributed by atoms with van der Waals surface area (Å²) in [6.45, 7) is 6.98. The maximum Gasteiger partial charge on any atom is 0.136 e. The zero-order valence-electron chi connectivity index (χ0n) is 34.5. The van der Waals surface area contributed by atoms with Crippen molar-refractivity contribution in [2.45, 2.75) is 226 Å². The molecule has 11 atom stereocenters. The number of rotatable bonds is 0. The minimum atomic E-state index is -0.378. The third-order valence-corrected chi connectivity index (χ3v) is 15.8. The molecule has 9 aliphatic heterocycles. The Balaban J connectivity index is 0.000000113. The van der Waals surface area contributed by atoms with Crippen LogP contribution >= 0.6 is 9.90 Å². The van der Waals surface area contributed by atoms with Crippen molar-refractivity contribution >= 4 is 15.7 Å². The van der Waals surface area contributed by atoms with Crippen LogP contribution in [-0.4, -0.2) is 134 Å². The lowest BCUT2D eigenvalue weighted by atomic mass is 9.79. The predicted octanol–water partition coefficient (Wildman–Crippen LogP) is 5.48.